The molecule has 4 heterocycles. The normalized spacial score (nSPS) is 13.8. The van der Waals surface area contributed by atoms with Crippen LogP contribution in [0.5, 0.6) is 0 Å². The largest absolute Gasteiger partial charge is 0.345 e. The number of ketones is 1. The molecule has 1 aliphatic heterocycles. The zero-order valence-electron chi connectivity index (χ0n) is 15.3. The lowest BCUT2D eigenvalue weighted by Crippen LogP contribution is -2.31. The van der Waals surface area contributed by atoms with E-state index in [9.17, 15) is 9.59 Å². The molecule has 144 valence electrons. The third-order valence-electron chi connectivity index (χ3n) is 4.54. The van der Waals surface area contributed by atoms with E-state index in [0.29, 0.717) is 28.1 Å². The standard InChI is InChI=1S/C17H18N8O2S/c1-24-6-4-9(23-24)8-19-16(27)12-10(7-18)14-15(25(12)2)21-17(28-14)13(26)11-3-5-20-22-11/h3,5,7,18H,4,6,8H2,1-2H3,(H,19,27)(H,20,22). The van der Waals surface area contributed by atoms with Gasteiger partial charge >= 0.3 is 0 Å². The highest BCUT2D eigenvalue weighted by atomic mass is 32.1. The van der Waals surface area contributed by atoms with Crippen molar-refractivity contribution in [3.05, 3.63) is 34.2 Å². The molecule has 0 spiro atoms. The number of hydrogen-bond acceptors (Lipinski definition) is 8. The van der Waals surface area contributed by atoms with E-state index in [-0.39, 0.29) is 22.4 Å². The van der Waals surface area contributed by atoms with E-state index in [1.807, 2.05) is 12.1 Å². The van der Waals surface area contributed by atoms with E-state index in [1.54, 1.807) is 23.9 Å². The summed E-state index contributed by atoms with van der Waals surface area (Å²) in [6, 6.07) is 1.58. The minimum Gasteiger partial charge on any atom is -0.345 e. The van der Waals surface area contributed by atoms with Crippen molar-refractivity contribution >= 4 is 45.3 Å². The lowest BCUT2D eigenvalue weighted by atomic mass is 10.2. The zero-order chi connectivity index (χ0) is 19.8. The van der Waals surface area contributed by atoms with Crippen molar-refractivity contribution in [1.82, 2.24) is 30.1 Å². The van der Waals surface area contributed by atoms with Crippen molar-refractivity contribution in [3.63, 3.8) is 0 Å². The molecule has 0 atom stereocenters. The number of carbonyl (C=O) groups is 2. The van der Waals surface area contributed by atoms with Crippen molar-refractivity contribution in [1.29, 1.82) is 5.41 Å². The molecule has 3 aromatic rings. The van der Waals surface area contributed by atoms with Crippen LogP contribution in [0.2, 0.25) is 0 Å². The lowest BCUT2D eigenvalue weighted by Gasteiger charge is -2.07. The van der Waals surface area contributed by atoms with Gasteiger partial charge in [-0.05, 0) is 6.07 Å². The highest BCUT2D eigenvalue weighted by Crippen LogP contribution is 2.30. The molecule has 0 fully saturated rings. The second-order valence-corrected chi connectivity index (χ2v) is 7.41. The number of thiazole rings is 1. The van der Waals surface area contributed by atoms with Gasteiger partial charge in [0.25, 0.3) is 5.91 Å². The number of nitrogens with zero attached hydrogens (tertiary/aromatic N) is 5. The molecule has 11 heteroatoms. The maximum absolute atomic E-state index is 12.7. The summed E-state index contributed by atoms with van der Waals surface area (Å²) in [5.41, 5.74) is 2.46. The first kappa shape index (κ1) is 18.0. The van der Waals surface area contributed by atoms with E-state index in [1.165, 1.54) is 0 Å². The second kappa shape index (κ2) is 7.00. The van der Waals surface area contributed by atoms with E-state index in [4.69, 9.17) is 5.41 Å². The van der Waals surface area contributed by atoms with Crippen molar-refractivity contribution in [2.24, 2.45) is 12.1 Å². The molecule has 0 radical (unpaired) electrons. The maximum atomic E-state index is 12.7. The maximum Gasteiger partial charge on any atom is 0.269 e. The van der Waals surface area contributed by atoms with Gasteiger partial charge in [-0.15, -0.1) is 11.3 Å². The van der Waals surface area contributed by atoms with Gasteiger partial charge in [0.1, 0.15) is 11.4 Å². The van der Waals surface area contributed by atoms with Crippen LogP contribution >= 0.6 is 11.3 Å². The van der Waals surface area contributed by atoms with Crippen LogP contribution in [0.1, 0.15) is 38.0 Å². The first-order chi connectivity index (χ1) is 13.5. The molecule has 3 aromatic heterocycles. The van der Waals surface area contributed by atoms with E-state index in [2.05, 4.69) is 25.6 Å². The summed E-state index contributed by atoms with van der Waals surface area (Å²) in [5.74, 6) is -0.601. The van der Waals surface area contributed by atoms with Gasteiger partial charge in [0.05, 0.1) is 17.0 Å². The molecule has 0 aromatic carbocycles. The fraction of sp³-hybridized carbons (Fsp3) is 0.294. The number of amides is 1. The van der Waals surface area contributed by atoms with Crippen LogP contribution in [-0.2, 0) is 7.05 Å². The molecule has 0 unspecified atom stereocenters. The summed E-state index contributed by atoms with van der Waals surface area (Å²) in [7, 11) is 3.59. The molecule has 0 saturated heterocycles. The van der Waals surface area contributed by atoms with Crippen LogP contribution in [0, 0.1) is 5.41 Å². The highest BCUT2D eigenvalue weighted by molar-refractivity contribution is 7.20. The molecule has 10 nitrogen and oxygen atoms in total. The Hall–Kier alpha value is -3.34. The van der Waals surface area contributed by atoms with E-state index in [0.717, 1.165) is 36.2 Å². The van der Waals surface area contributed by atoms with Crippen molar-refractivity contribution in [2.75, 3.05) is 20.1 Å². The number of carbonyl (C=O) groups excluding carboxylic acids is 2. The quantitative estimate of drug-likeness (QED) is 0.421. The summed E-state index contributed by atoms with van der Waals surface area (Å²) in [5, 5.41) is 23.6. The number of hydrogen-bond donors (Lipinski definition) is 3. The number of fused-ring (bicyclic) bond motifs is 1. The van der Waals surface area contributed by atoms with Gasteiger partial charge in [0, 0.05) is 45.0 Å². The number of rotatable bonds is 6. The Bertz CT molecular complexity index is 1110. The van der Waals surface area contributed by atoms with Gasteiger partial charge in [0.15, 0.2) is 10.7 Å². The smallest absolute Gasteiger partial charge is 0.269 e. The van der Waals surface area contributed by atoms with Crippen LogP contribution in [0.25, 0.3) is 10.3 Å². The molecule has 3 N–H and O–H groups in total. The van der Waals surface area contributed by atoms with Gasteiger partial charge in [-0.1, -0.05) is 0 Å². The SMILES string of the molecule is CN1CCC(CNC(=O)c2c(C=N)c3sc(C(=O)c4cc[nH]n4)nc3n2C)=N1. The molecule has 4 rings (SSSR count). The first-order valence-electron chi connectivity index (χ1n) is 8.59. The minimum atomic E-state index is -0.302. The number of hydrazone groups is 1. The predicted molar refractivity (Wildman–Crippen MR) is 106 cm³/mol. The topological polar surface area (TPSA) is 132 Å². The van der Waals surface area contributed by atoms with E-state index < -0.39 is 0 Å². The van der Waals surface area contributed by atoms with Crippen molar-refractivity contribution in [3.8, 4) is 0 Å². The highest BCUT2D eigenvalue weighted by Gasteiger charge is 2.26. The van der Waals surface area contributed by atoms with Gasteiger partial charge in [-0.2, -0.15) is 10.2 Å². The molecule has 0 aliphatic carbocycles. The zero-order valence-corrected chi connectivity index (χ0v) is 16.1. The van der Waals surface area contributed by atoms with Crippen molar-refractivity contribution < 1.29 is 9.59 Å². The Labute approximate surface area is 163 Å². The summed E-state index contributed by atoms with van der Waals surface area (Å²) in [6.07, 6.45) is 3.51. The van der Waals surface area contributed by atoms with Crippen molar-refractivity contribution in [2.45, 2.75) is 6.42 Å². The average Bonchev–Trinajstić information content (AvgIpc) is 3.45. The molecular weight excluding hydrogens is 380 g/mol. The first-order valence-corrected chi connectivity index (χ1v) is 9.41. The number of aromatic nitrogens is 4. The Kier molecular flexibility index (Phi) is 4.51. The molecule has 28 heavy (non-hydrogen) atoms. The summed E-state index contributed by atoms with van der Waals surface area (Å²) >= 11 is 1.15. The number of aryl methyl sites for hydroxylation is 1. The van der Waals surface area contributed by atoms with Gasteiger partial charge in [-0.25, -0.2) is 4.98 Å². The van der Waals surface area contributed by atoms with E-state index >= 15 is 0 Å². The lowest BCUT2D eigenvalue weighted by molar-refractivity contribution is 0.0951. The number of aromatic amines is 1. The van der Waals surface area contributed by atoms with Crippen LogP contribution in [0.4, 0.5) is 0 Å². The Morgan fingerprint density at radius 1 is 1.43 bits per heavy atom. The number of H-pyrrole nitrogens is 1. The fourth-order valence-corrected chi connectivity index (χ4v) is 4.20. The Balaban J connectivity index is 1.64. The predicted octanol–water partition coefficient (Wildman–Crippen LogP) is 1.01. The van der Waals surface area contributed by atoms with Gasteiger partial charge in [0.2, 0.25) is 5.78 Å². The third kappa shape index (κ3) is 2.99. The van der Waals surface area contributed by atoms with Gasteiger partial charge in [-0.3, -0.25) is 19.7 Å². The van der Waals surface area contributed by atoms with Gasteiger partial charge < -0.3 is 15.3 Å². The Morgan fingerprint density at radius 3 is 2.89 bits per heavy atom. The third-order valence-corrected chi connectivity index (χ3v) is 5.61. The minimum absolute atomic E-state index is 0.270. The fourth-order valence-electron chi connectivity index (χ4n) is 3.13. The van der Waals surface area contributed by atoms with Crippen LogP contribution in [0.15, 0.2) is 17.4 Å². The molecular formula is C17H18N8O2S. The van der Waals surface area contributed by atoms with Crippen LogP contribution < -0.4 is 5.32 Å². The molecule has 0 saturated carbocycles. The molecule has 1 aliphatic rings. The number of nitrogens with one attached hydrogen (secondary N) is 3. The molecule has 0 bridgehead atoms. The summed E-state index contributed by atoms with van der Waals surface area (Å²) in [4.78, 5) is 29.6. The summed E-state index contributed by atoms with van der Waals surface area (Å²) < 4.78 is 2.24. The monoisotopic (exact) mass is 398 g/mol. The molecule has 1 amide bonds. The Morgan fingerprint density at radius 2 is 2.25 bits per heavy atom. The summed E-state index contributed by atoms with van der Waals surface area (Å²) in [6.45, 7) is 1.20. The van der Waals surface area contributed by atoms with Crippen LogP contribution in [0.3, 0.4) is 0 Å². The van der Waals surface area contributed by atoms with Crippen LogP contribution in [-0.4, -0.2) is 68.5 Å². The second-order valence-electron chi connectivity index (χ2n) is 6.41. The average molecular weight is 398 g/mol.